The predicted molar refractivity (Wildman–Crippen MR) is 75.0 cm³/mol. The van der Waals surface area contributed by atoms with Crippen LogP contribution >= 0.6 is 34.8 Å². The minimum atomic E-state index is -0.497. The molecule has 0 aliphatic heterocycles. The quantitative estimate of drug-likeness (QED) is 0.508. The molecular weight excluding hydrogens is 311 g/mol. The van der Waals surface area contributed by atoms with Gasteiger partial charge in [0.15, 0.2) is 5.69 Å². The second kappa shape index (κ2) is 5.38. The SMILES string of the molecule is Cc1cc(C(=O)NN)nn1-c1c(Cl)cc(Cl)cc1Cl. The number of rotatable bonds is 2. The van der Waals surface area contributed by atoms with Gasteiger partial charge >= 0.3 is 0 Å². The highest BCUT2D eigenvalue weighted by molar-refractivity contribution is 6.40. The molecule has 1 aromatic heterocycles. The fraction of sp³-hybridized carbons (Fsp3) is 0.0909. The molecule has 0 aliphatic carbocycles. The van der Waals surface area contributed by atoms with Gasteiger partial charge in [-0.2, -0.15) is 5.10 Å². The van der Waals surface area contributed by atoms with Crippen LogP contribution in [0, 0.1) is 6.92 Å². The summed E-state index contributed by atoms with van der Waals surface area (Å²) >= 11 is 18.1. The van der Waals surface area contributed by atoms with E-state index in [0.717, 1.165) is 0 Å². The van der Waals surface area contributed by atoms with Crippen LogP contribution in [0.4, 0.5) is 0 Å². The lowest BCUT2D eigenvalue weighted by atomic mass is 10.3. The molecule has 0 aliphatic rings. The number of benzene rings is 1. The van der Waals surface area contributed by atoms with Crippen molar-refractivity contribution in [3.05, 3.63) is 44.7 Å². The summed E-state index contributed by atoms with van der Waals surface area (Å²) < 4.78 is 1.46. The molecule has 1 amide bonds. The second-order valence-corrected chi connectivity index (χ2v) is 5.03. The average Bonchev–Trinajstić information content (AvgIpc) is 2.69. The monoisotopic (exact) mass is 318 g/mol. The highest BCUT2D eigenvalue weighted by atomic mass is 35.5. The third-order valence-electron chi connectivity index (χ3n) is 2.44. The van der Waals surface area contributed by atoms with Crippen LogP contribution < -0.4 is 11.3 Å². The van der Waals surface area contributed by atoms with Gasteiger partial charge in [-0.15, -0.1) is 0 Å². The van der Waals surface area contributed by atoms with Gasteiger partial charge in [0.05, 0.1) is 10.0 Å². The molecular formula is C11H9Cl3N4O. The van der Waals surface area contributed by atoms with Gasteiger partial charge in [0.2, 0.25) is 0 Å². The fourth-order valence-corrected chi connectivity index (χ4v) is 2.60. The lowest BCUT2D eigenvalue weighted by Crippen LogP contribution is -2.30. The largest absolute Gasteiger partial charge is 0.289 e. The van der Waals surface area contributed by atoms with Crippen LogP contribution in [0.25, 0.3) is 5.69 Å². The molecule has 0 spiro atoms. The van der Waals surface area contributed by atoms with Crippen molar-refractivity contribution in [1.82, 2.24) is 15.2 Å². The summed E-state index contributed by atoms with van der Waals surface area (Å²) in [5.74, 6) is 4.57. The van der Waals surface area contributed by atoms with Crippen LogP contribution in [0.2, 0.25) is 15.1 Å². The van der Waals surface area contributed by atoms with Crippen LogP contribution in [0.3, 0.4) is 0 Å². The third kappa shape index (κ3) is 2.69. The van der Waals surface area contributed by atoms with Crippen molar-refractivity contribution < 1.29 is 4.79 Å². The molecule has 0 radical (unpaired) electrons. The Morgan fingerprint density at radius 3 is 2.37 bits per heavy atom. The van der Waals surface area contributed by atoms with Gasteiger partial charge in [0.1, 0.15) is 5.69 Å². The molecule has 0 bridgehead atoms. The molecule has 19 heavy (non-hydrogen) atoms. The van der Waals surface area contributed by atoms with E-state index in [9.17, 15) is 4.79 Å². The zero-order valence-corrected chi connectivity index (χ0v) is 12.0. The molecule has 3 N–H and O–H groups in total. The maximum Gasteiger partial charge on any atom is 0.285 e. The normalized spacial score (nSPS) is 10.6. The average molecular weight is 320 g/mol. The van der Waals surface area contributed by atoms with Crippen molar-refractivity contribution in [2.24, 2.45) is 5.84 Å². The Bertz CT molecular complexity index is 630. The summed E-state index contributed by atoms with van der Waals surface area (Å²) in [6.07, 6.45) is 0. The van der Waals surface area contributed by atoms with Crippen molar-refractivity contribution >= 4 is 40.7 Å². The van der Waals surface area contributed by atoms with E-state index in [-0.39, 0.29) is 5.69 Å². The summed E-state index contributed by atoms with van der Waals surface area (Å²) in [6, 6.07) is 4.67. The lowest BCUT2D eigenvalue weighted by Gasteiger charge is -2.09. The van der Waals surface area contributed by atoms with Crippen molar-refractivity contribution in [2.45, 2.75) is 6.92 Å². The molecule has 1 heterocycles. The molecule has 2 rings (SSSR count). The van der Waals surface area contributed by atoms with Crippen molar-refractivity contribution in [3.63, 3.8) is 0 Å². The summed E-state index contributed by atoms with van der Waals surface area (Å²) in [4.78, 5) is 11.4. The molecule has 100 valence electrons. The van der Waals surface area contributed by atoms with Crippen LogP contribution in [0.5, 0.6) is 0 Å². The molecule has 0 unspecified atom stereocenters. The van der Waals surface area contributed by atoms with E-state index in [0.29, 0.717) is 26.4 Å². The number of hydrogen-bond donors (Lipinski definition) is 2. The highest BCUT2D eigenvalue weighted by Gasteiger charge is 2.16. The van der Waals surface area contributed by atoms with E-state index in [2.05, 4.69) is 5.10 Å². The lowest BCUT2D eigenvalue weighted by molar-refractivity contribution is 0.0948. The maximum absolute atomic E-state index is 11.4. The Morgan fingerprint density at radius 1 is 1.26 bits per heavy atom. The number of aryl methyl sites for hydroxylation is 1. The molecule has 2 aromatic rings. The van der Waals surface area contributed by atoms with Crippen molar-refractivity contribution in [2.75, 3.05) is 0 Å². The van der Waals surface area contributed by atoms with Gasteiger partial charge < -0.3 is 0 Å². The predicted octanol–water partition coefficient (Wildman–Crippen LogP) is 2.74. The van der Waals surface area contributed by atoms with Gasteiger partial charge in [-0.25, -0.2) is 10.5 Å². The summed E-state index contributed by atoms with van der Waals surface area (Å²) in [6.45, 7) is 1.77. The number of nitrogens with one attached hydrogen (secondary N) is 1. The number of halogens is 3. The zero-order chi connectivity index (χ0) is 14.2. The minimum Gasteiger partial charge on any atom is -0.289 e. The van der Waals surface area contributed by atoms with E-state index in [4.69, 9.17) is 40.6 Å². The van der Waals surface area contributed by atoms with Gasteiger partial charge in [-0.05, 0) is 25.1 Å². The first-order valence-electron chi connectivity index (χ1n) is 5.16. The molecule has 0 fully saturated rings. The molecule has 0 saturated heterocycles. The number of carbonyl (C=O) groups excluding carboxylic acids is 1. The smallest absolute Gasteiger partial charge is 0.285 e. The first-order chi connectivity index (χ1) is 8.93. The fourth-order valence-electron chi connectivity index (χ4n) is 1.62. The van der Waals surface area contributed by atoms with Gasteiger partial charge in [-0.3, -0.25) is 10.2 Å². The Kier molecular flexibility index (Phi) is 4.01. The van der Waals surface area contributed by atoms with E-state index in [1.807, 2.05) is 5.43 Å². The number of aromatic nitrogens is 2. The number of nitrogen functional groups attached to an aromatic ring is 1. The molecule has 5 nitrogen and oxygen atoms in total. The number of carbonyl (C=O) groups is 1. The number of nitrogens with two attached hydrogens (primary N) is 1. The topological polar surface area (TPSA) is 72.9 Å². The Balaban J connectivity index is 2.60. The summed E-state index contributed by atoms with van der Waals surface area (Å²) in [7, 11) is 0. The van der Waals surface area contributed by atoms with Gasteiger partial charge in [0, 0.05) is 10.7 Å². The number of hydrogen-bond acceptors (Lipinski definition) is 3. The standard InChI is InChI=1S/C11H9Cl3N4O/c1-5-2-9(11(19)16-15)17-18(5)10-7(13)3-6(12)4-8(10)14/h2-4H,15H2,1H3,(H,16,19). The first kappa shape index (κ1) is 14.1. The van der Waals surface area contributed by atoms with Crippen molar-refractivity contribution in [1.29, 1.82) is 0 Å². The summed E-state index contributed by atoms with van der Waals surface area (Å²) in [5, 5.41) is 5.21. The highest BCUT2D eigenvalue weighted by Crippen LogP contribution is 2.32. The van der Waals surface area contributed by atoms with Gasteiger partial charge in [-0.1, -0.05) is 34.8 Å². The summed E-state index contributed by atoms with van der Waals surface area (Å²) in [5.41, 5.74) is 3.32. The number of hydrazine groups is 1. The zero-order valence-electron chi connectivity index (χ0n) is 9.75. The van der Waals surface area contributed by atoms with E-state index < -0.39 is 5.91 Å². The number of nitrogens with zero attached hydrogens (tertiary/aromatic N) is 2. The van der Waals surface area contributed by atoms with Crippen LogP contribution in [-0.2, 0) is 0 Å². The van der Waals surface area contributed by atoms with Crippen LogP contribution in [0.1, 0.15) is 16.2 Å². The maximum atomic E-state index is 11.4. The van der Waals surface area contributed by atoms with Crippen LogP contribution in [0.15, 0.2) is 18.2 Å². The van der Waals surface area contributed by atoms with Crippen molar-refractivity contribution in [3.8, 4) is 5.69 Å². The molecule has 0 saturated carbocycles. The molecule has 8 heteroatoms. The second-order valence-electron chi connectivity index (χ2n) is 3.77. The Labute approximate surface area is 124 Å². The number of amides is 1. The third-order valence-corrected chi connectivity index (χ3v) is 3.24. The Hall–Kier alpha value is -1.27. The first-order valence-corrected chi connectivity index (χ1v) is 6.30. The van der Waals surface area contributed by atoms with E-state index in [1.54, 1.807) is 25.1 Å². The van der Waals surface area contributed by atoms with Crippen LogP contribution in [-0.4, -0.2) is 15.7 Å². The Morgan fingerprint density at radius 2 is 1.84 bits per heavy atom. The van der Waals surface area contributed by atoms with Gasteiger partial charge in [0.25, 0.3) is 5.91 Å². The van der Waals surface area contributed by atoms with E-state index >= 15 is 0 Å². The van der Waals surface area contributed by atoms with E-state index in [1.165, 1.54) is 4.68 Å². The molecule has 0 atom stereocenters. The molecule has 1 aromatic carbocycles. The minimum absolute atomic E-state index is 0.169.